The average Bonchev–Trinajstić information content (AvgIpc) is 3.31. The number of amides is 1. The molecule has 4 rings (SSSR count). The van der Waals surface area contributed by atoms with E-state index in [1.54, 1.807) is 0 Å². The molecule has 0 spiro atoms. The number of carbonyl (C=O) groups is 1. The Bertz CT molecular complexity index is 995. The average molecular weight is 391 g/mol. The summed E-state index contributed by atoms with van der Waals surface area (Å²) in [7, 11) is 0. The molecule has 0 saturated carbocycles. The van der Waals surface area contributed by atoms with Crippen molar-refractivity contribution in [1.29, 1.82) is 0 Å². The zero-order valence-corrected chi connectivity index (χ0v) is 17.0. The molecule has 1 aromatic heterocycles. The van der Waals surface area contributed by atoms with Crippen LogP contribution in [0.15, 0.2) is 53.1 Å². The Hall–Kier alpha value is -3.15. The molecule has 1 fully saturated rings. The molecular formula is C23H25N3O3. The van der Waals surface area contributed by atoms with Crippen LogP contribution in [0.5, 0.6) is 5.75 Å². The minimum absolute atomic E-state index is 0.0729. The van der Waals surface area contributed by atoms with Crippen molar-refractivity contribution >= 4 is 5.91 Å². The summed E-state index contributed by atoms with van der Waals surface area (Å²) in [4.78, 5) is 18.9. The van der Waals surface area contributed by atoms with E-state index in [1.807, 2.05) is 74.2 Å². The van der Waals surface area contributed by atoms with E-state index in [0.717, 1.165) is 22.4 Å². The maximum Gasteiger partial charge on any atom is 0.232 e. The van der Waals surface area contributed by atoms with Crippen molar-refractivity contribution in [1.82, 2.24) is 15.0 Å². The molecule has 2 aromatic carbocycles. The molecule has 6 heteroatoms. The number of hydrogen-bond acceptors (Lipinski definition) is 5. The predicted molar refractivity (Wildman–Crippen MR) is 109 cm³/mol. The maximum atomic E-state index is 12.5. The molecule has 1 aliphatic heterocycles. The number of nitrogens with zero attached hydrogens (tertiary/aromatic N) is 3. The van der Waals surface area contributed by atoms with Crippen LogP contribution in [0.25, 0.3) is 11.4 Å². The summed E-state index contributed by atoms with van der Waals surface area (Å²) in [6.07, 6.45) is 0.532. The van der Waals surface area contributed by atoms with Gasteiger partial charge < -0.3 is 14.2 Å². The van der Waals surface area contributed by atoms with Gasteiger partial charge in [0.1, 0.15) is 5.75 Å². The van der Waals surface area contributed by atoms with E-state index in [0.29, 0.717) is 31.2 Å². The molecule has 2 heterocycles. The van der Waals surface area contributed by atoms with Crippen molar-refractivity contribution < 1.29 is 14.1 Å². The third-order valence-corrected chi connectivity index (χ3v) is 5.06. The molecule has 0 bridgehead atoms. The highest BCUT2D eigenvalue weighted by molar-refractivity contribution is 5.79. The number of likely N-dealkylation sites (tertiary alicyclic amines) is 1. The molecule has 1 saturated heterocycles. The van der Waals surface area contributed by atoms with Gasteiger partial charge in [-0.15, -0.1) is 0 Å². The first-order valence-corrected chi connectivity index (χ1v) is 9.92. The molecule has 1 aliphatic rings. The van der Waals surface area contributed by atoms with Gasteiger partial charge in [-0.1, -0.05) is 41.6 Å². The highest BCUT2D eigenvalue weighted by atomic mass is 16.5. The number of hydrogen-bond donors (Lipinski definition) is 0. The van der Waals surface area contributed by atoms with Crippen LogP contribution in [-0.4, -0.2) is 33.6 Å². The number of carbonyl (C=O) groups excluding carboxylic acids is 1. The Morgan fingerprint density at radius 2 is 1.93 bits per heavy atom. The van der Waals surface area contributed by atoms with Gasteiger partial charge in [-0.2, -0.15) is 4.98 Å². The van der Waals surface area contributed by atoms with E-state index in [2.05, 4.69) is 10.1 Å². The highest BCUT2D eigenvalue weighted by Crippen LogP contribution is 2.30. The predicted octanol–water partition coefficient (Wildman–Crippen LogP) is 4.35. The van der Waals surface area contributed by atoms with E-state index in [1.165, 1.54) is 0 Å². The Balaban J connectivity index is 1.43. The number of ether oxygens (including phenoxy) is 1. The van der Waals surface area contributed by atoms with Crippen molar-refractivity contribution in [3.8, 4) is 17.1 Å². The van der Waals surface area contributed by atoms with Crippen LogP contribution >= 0.6 is 0 Å². The second-order valence-corrected chi connectivity index (χ2v) is 7.76. The Labute approximate surface area is 170 Å². The van der Waals surface area contributed by atoms with Gasteiger partial charge >= 0.3 is 0 Å². The van der Waals surface area contributed by atoms with Crippen molar-refractivity contribution in [3.05, 3.63) is 65.5 Å². The zero-order chi connectivity index (χ0) is 20.4. The molecule has 150 valence electrons. The Kier molecular flexibility index (Phi) is 5.34. The molecule has 1 amide bonds. The third kappa shape index (κ3) is 4.31. The fourth-order valence-corrected chi connectivity index (χ4v) is 3.59. The van der Waals surface area contributed by atoms with Gasteiger partial charge in [0, 0.05) is 25.1 Å². The molecule has 1 atom stereocenters. The van der Waals surface area contributed by atoms with Crippen molar-refractivity contribution in [2.75, 3.05) is 6.54 Å². The third-order valence-electron chi connectivity index (χ3n) is 5.06. The van der Waals surface area contributed by atoms with Crippen LogP contribution in [-0.2, 0) is 11.3 Å². The van der Waals surface area contributed by atoms with Crippen LogP contribution in [0.1, 0.15) is 43.2 Å². The lowest BCUT2D eigenvalue weighted by molar-refractivity contribution is -0.128. The largest absolute Gasteiger partial charge is 0.491 e. The number of aryl methyl sites for hydroxylation is 1. The first kappa shape index (κ1) is 19.2. The monoisotopic (exact) mass is 391 g/mol. The van der Waals surface area contributed by atoms with E-state index < -0.39 is 0 Å². The first-order valence-electron chi connectivity index (χ1n) is 9.92. The minimum atomic E-state index is -0.0729. The van der Waals surface area contributed by atoms with Gasteiger partial charge in [0.05, 0.1) is 12.0 Å². The van der Waals surface area contributed by atoms with Gasteiger partial charge in [-0.05, 0) is 44.0 Å². The molecule has 0 N–H and O–H groups in total. The molecular weight excluding hydrogens is 366 g/mol. The van der Waals surface area contributed by atoms with Gasteiger partial charge in [0.25, 0.3) is 0 Å². The van der Waals surface area contributed by atoms with E-state index in [9.17, 15) is 4.79 Å². The quantitative estimate of drug-likeness (QED) is 0.625. The Morgan fingerprint density at radius 1 is 1.17 bits per heavy atom. The van der Waals surface area contributed by atoms with E-state index in [4.69, 9.17) is 9.26 Å². The molecule has 0 radical (unpaired) electrons. The smallest absolute Gasteiger partial charge is 0.232 e. The normalized spacial score (nSPS) is 16.6. The van der Waals surface area contributed by atoms with Crippen molar-refractivity contribution in [2.24, 2.45) is 0 Å². The Morgan fingerprint density at radius 3 is 2.66 bits per heavy atom. The molecule has 0 aliphatic carbocycles. The summed E-state index contributed by atoms with van der Waals surface area (Å²) in [6, 6.07) is 15.8. The van der Waals surface area contributed by atoms with Crippen LogP contribution in [0.2, 0.25) is 0 Å². The highest BCUT2D eigenvalue weighted by Gasteiger charge is 2.34. The summed E-state index contributed by atoms with van der Waals surface area (Å²) < 4.78 is 11.2. The minimum Gasteiger partial charge on any atom is -0.491 e. The summed E-state index contributed by atoms with van der Waals surface area (Å²) in [5.41, 5.74) is 3.11. The first-order chi connectivity index (χ1) is 14.0. The summed E-state index contributed by atoms with van der Waals surface area (Å²) >= 11 is 0. The molecule has 6 nitrogen and oxygen atoms in total. The van der Waals surface area contributed by atoms with E-state index >= 15 is 0 Å². The molecule has 1 unspecified atom stereocenters. The molecule has 29 heavy (non-hydrogen) atoms. The lowest BCUT2D eigenvalue weighted by Crippen LogP contribution is -2.24. The van der Waals surface area contributed by atoms with Crippen LogP contribution in [0.4, 0.5) is 0 Å². The second-order valence-electron chi connectivity index (χ2n) is 7.76. The molecule has 3 aromatic rings. The van der Waals surface area contributed by atoms with Crippen LogP contribution in [0, 0.1) is 6.92 Å². The maximum absolute atomic E-state index is 12.5. The number of aromatic nitrogens is 2. The van der Waals surface area contributed by atoms with Gasteiger partial charge in [-0.25, -0.2) is 0 Å². The van der Waals surface area contributed by atoms with Crippen molar-refractivity contribution in [2.45, 2.75) is 45.8 Å². The zero-order valence-electron chi connectivity index (χ0n) is 17.0. The fourth-order valence-electron chi connectivity index (χ4n) is 3.59. The van der Waals surface area contributed by atoms with Crippen LogP contribution in [0.3, 0.4) is 0 Å². The number of rotatable bonds is 6. The number of benzene rings is 2. The van der Waals surface area contributed by atoms with E-state index in [-0.39, 0.29) is 17.9 Å². The summed E-state index contributed by atoms with van der Waals surface area (Å²) in [5, 5.41) is 4.13. The SMILES string of the molecule is Cc1ccccc1-c1noc(C2CC(=O)N(Cc3ccc(OC(C)C)cc3)C2)n1. The summed E-state index contributed by atoms with van der Waals surface area (Å²) in [6.45, 7) is 7.16. The lowest BCUT2D eigenvalue weighted by Gasteiger charge is -2.16. The van der Waals surface area contributed by atoms with Gasteiger partial charge in [0.15, 0.2) is 0 Å². The lowest BCUT2D eigenvalue weighted by atomic mass is 10.1. The van der Waals surface area contributed by atoms with Gasteiger partial charge in [-0.3, -0.25) is 4.79 Å². The second kappa shape index (κ2) is 8.07. The standard InChI is InChI=1S/C23H25N3O3/c1-15(2)28-19-10-8-17(9-11-19)13-26-14-18(12-21(26)27)23-24-22(25-29-23)20-7-5-4-6-16(20)3/h4-11,15,18H,12-14H2,1-3H3. The summed E-state index contributed by atoms with van der Waals surface area (Å²) in [5.74, 6) is 1.97. The van der Waals surface area contributed by atoms with Crippen molar-refractivity contribution in [3.63, 3.8) is 0 Å². The fraction of sp³-hybridized carbons (Fsp3) is 0.348. The van der Waals surface area contributed by atoms with Crippen LogP contribution < -0.4 is 4.74 Å². The van der Waals surface area contributed by atoms with Gasteiger partial charge in [0.2, 0.25) is 17.6 Å². The topological polar surface area (TPSA) is 68.5 Å².